The zero-order valence-corrected chi connectivity index (χ0v) is 12.6. The molecule has 7 heteroatoms. The van der Waals surface area contributed by atoms with Crippen molar-refractivity contribution in [3.63, 3.8) is 0 Å². The van der Waals surface area contributed by atoms with Crippen LogP contribution in [0.5, 0.6) is 0 Å². The lowest BCUT2D eigenvalue weighted by molar-refractivity contribution is 0.0937. The van der Waals surface area contributed by atoms with Gasteiger partial charge in [0.2, 0.25) is 0 Å². The Kier molecular flexibility index (Phi) is 5.35. The van der Waals surface area contributed by atoms with Crippen LogP contribution in [0.4, 0.5) is 4.39 Å². The molecule has 2 aromatic rings. The highest BCUT2D eigenvalue weighted by atomic mass is 32.2. The molecule has 0 radical (unpaired) electrons. The number of carbonyl (C=O) groups is 1. The molecule has 2 rings (SSSR count). The lowest BCUT2D eigenvalue weighted by atomic mass is 10.1. The third-order valence-electron chi connectivity index (χ3n) is 2.89. The van der Waals surface area contributed by atoms with Crippen LogP contribution in [-0.4, -0.2) is 30.4 Å². The Hall–Kier alpha value is -2.12. The van der Waals surface area contributed by atoms with Crippen LogP contribution in [-0.2, 0) is 0 Å². The maximum absolute atomic E-state index is 12.9. The number of rotatable bonds is 5. The molecule has 5 nitrogen and oxygen atoms in total. The average Bonchev–Trinajstić information content (AvgIpc) is 2.52. The Morgan fingerprint density at radius 2 is 2.05 bits per heavy atom. The number of carbonyl (C=O) groups excluding carboxylic acids is 1. The number of hydrogen-bond donors (Lipinski definition) is 2. The molecule has 0 saturated heterocycles. The summed E-state index contributed by atoms with van der Waals surface area (Å²) in [6.45, 7) is -0.175. The first kappa shape index (κ1) is 16.3. The van der Waals surface area contributed by atoms with Gasteiger partial charge in [0, 0.05) is 17.0 Å². The largest absolute Gasteiger partial charge is 0.422 e. The highest BCUT2D eigenvalue weighted by Crippen LogP contribution is 2.25. The summed E-state index contributed by atoms with van der Waals surface area (Å²) < 4.78 is 18.1. The molecule has 1 aromatic carbocycles. The SMILES string of the molecule is CSc1cc(-c2ccc(F)cc2)oc(=O)c1C(=O)NCCO. The molecule has 116 valence electrons. The second-order valence-corrected chi connectivity index (χ2v) is 5.18. The summed E-state index contributed by atoms with van der Waals surface area (Å²) in [5.74, 6) is -0.734. The van der Waals surface area contributed by atoms with Crippen LogP contribution in [0.25, 0.3) is 11.3 Å². The van der Waals surface area contributed by atoms with Crippen LogP contribution in [0.3, 0.4) is 0 Å². The first-order valence-electron chi connectivity index (χ1n) is 6.44. The van der Waals surface area contributed by atoms with E-state index in [1.165, 1.54) is 36.0 Å². The number of aliphatic hydroxyl groups is 1. The van der Waals surface area contributed by atoms with Crippen molar-refractivity contribution >= 4 is 17.7 Å². The van der Waals surface area contributed by atoms with Crippen molar-refractivity contribution in [1.29, 1.82) is 0 Å². The van der Waals surface area contributed by atoms with Crippen LogP contribution >= 0.6 is 11.8 Å². The summed E-state index contributed by atoms with van der Waals surface area (Å²) >= 11 is 1.23. The highest BCUT2D eigenvalue weighted by Gasteiger charge is 2.19. The molecule has 0 aliphatic rings. The van der Waals surface area contributed by atoms with Crippen molar-refractivity contribution < 1.29 is 18.7 Å². The Bertz CT molecular complexity index is 727. The summed E-state index contributed by atoms with van der Waals surface area (Å²) in [6.07, 6.45) is 1.73. The fraction of sp³-hybridized carbons (Fsp3) is 0.200. The predicted molar refractivity (Wildman–Crippen MR) is 81.6 cm³/mol. The van der Waals surface area contributed by atoms with Gasteiger partial charge in [-0.05, 0) is 36.6 Å². The molecule has 22 heavy (non-hydrogen) atoms. The Morgan fingerprint density at radius 1 is 1.36 bits per heavy atom. The van der Waals surface area contributed by atoms with Gasteiger partial charge in [-0.25, -0.2) is 9.18 Å². The zero-order valence-electron chi connectivity index (χ0n) is 11.8. The van der Waals surface area contributed by atoms with E-state index in [-0.39, 0.29) is 24.5 Å². The number of nitrogens with one attached hydrogen (secondary N) is 1. The number of benzene rings is 1. The summed E-state index contributed by atoms with van der Waals surface area (Å²) in [4.78, 5) is 24.5. The van der Waals surface area contributed by atoms with Gasteiger partial charge in [-0.1, -0.05) is 0 Å². The molecule has 0 atom stereocenters. The molecule has 0 spiro atoms. The summed E-state index contributed by atoms with van der Waals surface area (Å²) in [5, 5.41) is 11.1. The molecule has 0 saturated carbocycles. The van der Waals surface area contributed by atoms with E-state index < -0.39 is 17.3 Å². The maximum Gasteiger partial charge on any atom is 0.350 e. The van der Waals surface area contributed by atoms with Gasteiger partial charge >= 0.3 is 5.63 Å². The van der Waals surface area contributed by atoms with Gasteiger partial charge in [-0.2, -0.15) is 0 Å². The molecule has 0 unspecified atom stereocenters. The lowest BCUT2D eigenvalue weighted by Gasteiger charge is -2.08. The molecule has 1 heterocycles. The van der Waals surface area contributed by atoms with Crippen molar-refractivity contribution in [2.45, 2.75) is 4.90 Å². The van der Waals surface area contributed by atoms with E-state index in [1.54, 1.807) is 12.3 Å². The van der Waals surface area contributed by atoms with Gasteiger partial charge in [0.15, 0.2) is 0 Å². The molecule has 0 aliphatic carbocycles. The molecular weight excluding hydrogens is 309 g/mol. The van der Waals surface area contributed by atoms with Crippen molar-refractivity contribution in [2.75, 3.05) is 19.4 Å². The molecule has 1 amide bonds. The topological polar surface area (TPSA) is 79.5 Å². The molecule has 0 bridgehead atoms. The van der Waals surface area contributed by atoms with Gasteiger partial charge in [0.25, 0.3) is 5.91 Å². The van der Waals surface area contributed by atoms with Gasteiger partial charge < -0.3 is 14.8 Å². The number of aliphatic hydroxyl groups excluding tert-OH is 1. The number of hydrogen-bond acceptors (Lipinski definition) is 5. The van der Waals surface area contributed by atoms with Crippen molar-refractivity contribution in [3.8, 4) is 11.3 Å². The van der Waals surface area contributed by atoms with E-state index in [9.17, 15) is 14.0 Å². The first-order chi connectivity index (χ1) is 10.6. The van der Waals surface area contributed by atoms with Gasteiger partial charge in [0.1, 0.15) is 17.1 Å². The minimum Gasteiger partial charge on any atom is -0.422 e. The van der Waals surface area contributed by atoms with Crippen molar-refractivity contribution in [1.82, 2.24) is 5.32 Å². The van der Waals surface area contributed by atoms with E-state index >= 15 is 0 Å². The average molecular weight is 323 g/mol. The fourth-order valence-electron chi connectivity index (χ4n) is 1.85. The number of halogens is 1. The van der Waals surface area contributed by atoms with Crippen LogP contribution in [0, 0.1) is 5.82 Å². The molecular formula is C15H14FNO4S. The quantitative estimate of drug-likeness (QED) is 0.822. The molecule has 0 aliphatic heterocycles. The van der Waals surface area contributed by atoms with Crippen LogP contribution in [0.15, 0.2) is 44.4 Å². The normalized spacial score (nSPS) is 10.5. The lowest BCUT2D eigenvalue weighted by Crippen LogP contribution is -2.31. The third kappa shape index (κ3) is 3.55. The van der Waals surface area contributed by atoms with Gasteiger partial charge in [-0.3, -0.25) is 4.79 Å². The Labute approximate surface area is 130 Å². The standard InChI is InChI=1S/C15H14FNO4S/c1-22-12-8-11(9-2-4-10(16)5-3-9)21-15(20)13(12)14(19)17-6-7-18/h2-5,8,18H,6-7H2,1H3,(H,17,19). The highest BCUT2D eigenvalue weighted by molar-refractivity contribution is 7.98. The maximum atomic E-state index is 12.9. The molecule has 2 N–H and O–H groups in total. The molecule has 1 aromatic heterocycles. The van der Waals surface area contributed by atoms with E-state index in [2.05, 4.69) is 5.32 Å². The summed E-state index contributed by atoms with van der Waals surface area (Å²) in [7, 11) is 0. The zero-order chi connectivity index (χ0) is 16.1. The van der Waals surface area contributed by atoms with Crippen LogP contribution in [0.1, 0.15) is 10.4 Å². The number of amides is 1. The number of thioether (sulfide) groups is 1. The van der Waals surface area contributed by atoms with Gasteiger partial charge in [0.05, 0.1) is 6.61 Å². The second-order valence-electron chi connectivity index (χ2n) is 4.33. The summed E-state index contributed by atoms with van der Waals surface area (Å²) in [6, 6.07) is 7.06. The Morgan fingerprint density at radius 3 is 2.64 bits per heavy atom. The van der Waals surface area contributed by atoms with Crippen LogP contribution in [0.2, 0.25) is 0 Å². The molecule has 0 fully saturated rings. The Balaban J connectivity index is 2.45. The second kappa shape index (κ2) is 7.24. The first-order valence-corrected chi connectivity index (χ1v) is 7.66. The minimum atomic E-state index is -0.776. The van der Waals surface area contributed by atoms with E-state index in [0.29, 0.717) is 10.5 Å². The third-order valence-corrected chi connectivity index (χ3v) is 3.65. The van der Waals surface area contributed by atoms with E-state index in [1.807, 2.05) is 0 Å². The van der Waals surface area contributed by atoms with Gasteiger partial charge in [-0.15, -0.1) is 11.8 Å². The monoisotopic (exact) mass is 323 g/mol. The minimum absolute atomic E-state index is 0.0474. The van der Waals surface area contributed by atoms with E-state index in [4.69, 9.17) is 9.52 Å². The van der Waals surface area contributed by atoms with E-state index in [0.717, 1.165) is 0 Å². The van der Waals surface area contributed by atoms with Crippen molar-refractivity contribution in [2.24, 2.45) is 0 Å². The smallest absolute Gasteiger partial charge is 0.350 e. The summed E-state index contributed by atoms with van der Waals surface area (Å²) in [5.41, 5.74) is -0.343. The van der Waals surface area contributed by atoms with Crippen LogP contribution < -0.4 is 10.9 Å². The predicted octanol–water partition coefficient (Wildman–Crippen LogP) is 1.89. The fourth-order valence-corrected chi connectivity index (χ4v) is 2.46. The van der Waals surface area contributed by atoms with Crippen molar-refractivity contribution in [3.05, 3.63) is 52.1 Å².